The van der Waals surface area contributed by atoms with E-state index in [0.717, 1.165) is 11.3 Å². The number of pyridine rings is 1. The van der Waals surface area contributed by atoms with Gasteiger partial charge >= 0.3 is 0 Å². The average Bonchev–Trinajstić information content (AvgIpc) is 2.57. The Hall–Kier alpha value is -1.84. The van der Waals surface area contributed by atoms with Crippen molar-refractivity contribution in [3.8, 4) is 11.3 Å². The first kappa shape index (κ1) is 8.74. The van der Waals surface area contributed by atoms with E-state index in [4.69, 9.17) is 0 Å². The minimum Gasteiger partial charge on any atom is -0.328 e. The number of hydrogen-bond donors (Lipinski definition) is 1. The van der Waals surface area contributed by atoms with Gasteiger partial charge in [0.05, 0.1) is 5.69 Å². The molecule has 2 rings (SSSR count). The fraction of sp³-hybridized carbons (Fsp3) is 0.200. The van der Waals surface area contributed by atoms with E-state index in [0.29, 0.717) is 5.56 Å². The largest absolute Gasteiger partial charge is 0.328 e. The Bertz CT molecular complexity index is 510. The van der Waals surface area contributed by atoms with Crippen LogP contribution < -0.4 is 5.56 Å². The van der Waals surface area contributed by atoms with Gasteiger partial charge in [-0.3, -0.25) is 9.48 Å². The zero-order valence-electron chi connectivity index (χ0n) is 8.11. The van der Waals surface area contributed by atoms with Gasteiger partial charge in [-0.2, -0.15) is 5.10 Å². The van der Waals surface area contributed by atoms with E-state index in [1.54, 1.807) is 24.0 Å². The lowest BCUT2D eigenvalue weighted by atomic mass is 10.1. The highest BCUT2D eigenvalue weighted by Crippen LogP contribution is 2.16. The third-order valence-corrected chi connectivity index (χ3v) is 2.21. The van der Waals surface area contributed by atoms with Crippen molar-refractivity contribution in [2.24, 2.45) is 7.05 Å². The average molecular weight is 189 g/mol. The highest BCUT2D eigenvalue weighted by Gasteiger charge is 2.03. The zero-order valence-corrected chi connectivity index (χ0v) is 8.11. The molecule has 0 saturated carbocycles. The van der Waals surface area contributed by atoms with E-state index in [9.17, 15) is 4.79 Å². The zero-order chi connectivity index (χ0) is 10.1. The van der Waals surface area contributed by atoms with E-state index in [1.165, 1.54) is 0 Å². The predicted molar refractivity (Wildman–Crippen MR) is 54.0 cm³/mol. The van der Waals surface area contributed by atoms with Crippen molar-refractivity contribution in [2.45, 2.75) is 6.92 Å². The van der Waals surface area contributed by atoms with Gasteiger partial charge in [-0.15, -0.1) is 0 Å². The molecule has 0 unspecified atom stereocenters. The summed E-state index contributed by atoms with van der Waals surface area (Å²) in [4.78, 5) is 13.8. The predicted octanol–water partition coefficient (Wildman–Crippen LogP) is 1.08. The van der Waals surface area contributed by atoms with Crippen LogP contribution in [0.15, 0.2) is 29.3 Å². The van der Waals surface area contributed by atoms with Gasteiger partial charge in [0.15, 0.2) is 0 Å². The van der Waals surface area contributed by atoms with E-state index in [-0.39, 0.29) is 5.56 Å². The first-order chi connectivity index (χ1) is 6.68. The topological polar surface area (TPSA) is 50.7 Å². The minimum atomic E-state index is -0.0454. The number of nitrogens with one attached hydrogen (secondary N) is 1. The standard InChI is InChI=1S/C10H11N3O/c1-7-5-8(6-11-10(7)14)9-3-4-12-13(9)2/h3-6H,1-2H3,(H,11,14). The molecule has 0 spiro atoms. The molecule has 0 radical (unpaired) electrons. The van der Waals surface area contributed by atoms with Gasteiger partial charge in [-0.25, -0.2) is 0 Å². The molecule has 4 heteroatoms. The normalized spacial score (nSPS) is 10.4. The summed E-state index contributed by atoms with van der Waals surface area (Å²) in [5.74, 6) is 0. The van der Waals surface area contributed by atoms with Crippen molar-refractivity contribution in [1.82, 2.24) is 14.8 Å². The fourth-order valence-electron chi connectivity index (χ4n) is 1.40. The molecule has 2 aromatic rings. The van der Waals surface area contributed by atoms with Crippen molar-refractivity contribution in [1.29, 1.82) is 0 Å². The highest BCUT2D eigenvalue weighted by atomic mass is 16.1. The number of H-pyrrole nitrogens is 1. The lowest BCUT2D eigenvalue weighted by molar-refractivity contribution is 0.775. The lowest BCUT2D eigenvalue weighted by Crippen LogP contribution is -2.08. The summed E-state index contributed by atoms with van der Waals surface area (Å²) < 4.78 is 1.77. The molecule has 0 bridgehead atoms. The summed E-state index contributed by atoms with van der Waals surface area (Å²) in [6.45, 7) is 1.79. The third kappa shape index (κ3) is 1.35. The molecular formula is C10H11N3O. The van der Waals surface area contributed by atoms with Crippen molar-refractivity contribution >= 4 is 0 Å². The molecule has 0 saturated heterocycles. The lowest BCUT2D eigenvalue weighted by Gasteiger charge is -2.01. The van der Waals surface area contributed by atoms with Crippen molar-refractivity contribution in [2.75, 3.05) is 0 Å². The molecule has 0 aliphatic heterocycles. The van der Waals surface area contributed by atoms with E-state index < -0.39 is 0 Å². The molecule has 2 aromatic heterocycles. The van der Waals surface area contributed by atoms with E-state index in [2.05, 4.69) is 10.1 Å². The van der Waals surface area contributed by atoms with Gasteiger partial charge in [0.1, 0.15) is 0 Å². The fourth-order valence-corrected chi connectivity index (χ4v) is 1.40. The maximum Gasteiger partial charge on any atom is 0.250 e. The molecular weight excluding hydrogens is 178 g/mol. The maximum absolute atomic E-state index is 11.1. The first-order valence-electron chi connectivity index (χ1n) is 4.36. The third-order valence-electron chi connectivity index (χ3n) is 2.21. The molecule has 0 atom stereocenters. The van der Waals surface area contributed by atoms with Crippen LogP contribution in [0.1, 0.15) is 5.56 Å². The van der Waals surface area contributed by atoms with Crippen LogP contribution in [-0.2, 0) is 7.05 Å². The van der Waals surface area contributed by atoms with Gasteiger partial charge in [0, 0.05) is 30.6 Å². The summed E-state index contributed by atoms with van der Waals surface area (Å²) in [6.07, 6.45) is 3.43. The summed E-state index contributed by atoms with van der Waals surface area (Å²) in [5, 5.41) is 4.07. The molecule has 0 fully saturated rings. The van der Waals surface area contributed by atoms with Gasteiger partial charge in [-0.05, 0) is 19.1 Å². The highest BCUT2D eigenvalue weighted by molar-refractivity contribution is 5.58. The molecule has 0 aliphatic rings. The second-order valence-corrected chi connectivity index (χ2v) is 3.24. The molecule has 0 aromatic carbocycles. The Morgan fingerprint density at radius 2 is 2.29 bits per heavy atom. The quantitative estimate of drug-likeness (QED) is 0.729. The second-order valence-electron chi connectivity index (χ2n) is 3.24. The molecule has 0 aliphatic carbocycles. The number of nitrogens with zero attached hydrogens (tertiary/aromatic N) is 2. The molecule has 14 heavy (non-hydrogen) atoms. The summed E-state index contributed by atoms with van der Waals surface area (Å²) in [6, 6.07) is 3.77. The maximum atomic E-state index is 11.1. The van der Waals surface area contributed by atoms with Crippen LogP contribution in [0.2, 0.25) is 0 Å². The number of aromatic amines is 1. The Balaban J connectivity index is 2.59. The molecule has 4 nitrogen and oxygen atoms in total. The van der Waals surface area contributed by atoms with Gasteiger partial charge < -0.3 is 4.98 Å². The Kier molecular flexibility index (Phi) is 1.96. The van der Waals surface area contributed by atoms with Gasteiger partial charge in [0.25, 0.3) is 5.56 Å². The van der Waals surface area contributed by atoms with Crippen LogP contribution >= 0.6 is 0 Å². The van der Waals surface area contributed by atoms with Crippen LogP contribution in [0.25, 0.3) is 11.3 Å². The minimum absolute atomic E-state index is 0.0454. The smallest absolute Gasteiger partial charge is 0.250 e. The molecule has 2 heterocycles. The Labute approximate surface area is 81.2 Å². The SMILES string of the molecule is Cc1cc(-c2ccnn2C)c[nH]c1=O. The van der Waals surface area contributed by atoms with Crippen LogP contribution in [0.4, 0.5) is 0 Å². The Morgan fingerprint density at radius 3 is 2.86 bits per heavy atom. The monoisotopic (exact) mass is 189 g/mol. The number of hydrogen-bond acceptors (Lipinski definition) is 2. The summed E-state index contributed by atoms with van der Waals surface area (Å²) in [7, 11) is 1.87. The van der Waals surface area contributed by atoms with Crippen LogP contribution in [0, 0.1) is 6.92 Å². The molecule has 72 valence electrons. The number of aryl methyl sites for hydroxylation is 2. The van der Waals surface area contributed by atoms with Gasteiger partial charge in [0.2, 0.25) is 0 Å². The Morgan fingerprint density at radius 1 is 1.50 bits per heavy atom. The first-order valence-corrected chi connectivity index (χ1v) is 4.36. The van der Waals surface area contributed by atoms with Crippen LogP contribution in [-0.4, -0.2) is 14.8 Å². The van der Waals surface area contributed by atoms with Crippen molar-refractivity contribution in [3.63, 3.8) is 0 Å². The number of aromatic nitrogens is 3. The molecule has 1 N–H and O–H groups in total. The summed E-state index contributed by atoms with van der Waals surface area (Å²) in [5.41, 5.74) is 2.63. The van der Waals surface area contributed by atoms with Crippen LogP contribution in [0.5, 0.6) is 0 Å². The number of rotatable bonds is 1. The van der Waals surface area contributed by atoms with Crippen molar-refractivity contribution in [3.05, 3.63) is 40.4 Å². The second kappa shape index (κ2) is 3.14. The van der Waals surface area contributed by atoms with Crippen molar-refractivity contribution < 1.29 is 0 Å². The van der Waals surface area contributed by atoms with Crippen LogP contribution in [0.3, 0.4) is 0 Å². The summed E-state index contributed by atoms with van der Waals surface area (Å²) >= 11 is 0. The van der Waals surface area contributed by atoms with E-state index >= 15 is 0 Å². The molecule has 0 amide bonds. The van der Waals surface area contributed by atoms with Gasteiger partial charge in [-0.1, -0.05) is 0 Å². The van der Waals surface area contributed by atoms with E-state index in [1.807, 2.05) is 19.2 Å².